The largest absolute Gasteiger partial charge is 0.493 e. The molecule has 21 heavy (non-hydrogen) atoms. The second-order valence-electron chi connectivity index (χ2n) is 4.19. The van der Waals surface area contributed by atoms with Crippen molar-refractivity contribution in [3.63, 3.8) is 0 Å². The summed E-state index contributed by atoms with van der Waals surface area (Å²) in [6.45, 7) is 0. The molecule has 1 N–H and O–H groups in total. The third-order valence-electron chi connectivity index (χ3n) is 2.76. The number of hydrogen-bond donors (Lipinski definition) is 1. The minimum atomic E-state index is -0.968. The number of nitrogens with zero attached hydrogens (tertiary/aromatic N) is 1. The SMILES string of the molecule is COc1ccc(Cc2ncc(/C=C/C(=O)O)s2)cc1OC. The van der Waals surface area contributed by atoms with E-state index in [1.807, 2.05) is 18.2 Å². The highest BCUT2D eigenvalue weighted by Crippen LogP contribution is 2.29. The Balaban J connectivity index is 2.13. The molecule has 1 heterocycles. The minimum Gasteiger partial charge on any atom is -0.493 e. The zero-order chi connectivity index (χ0) is 15.2. The summed E-state index contributed by atoms with van der Waals surface area (Å²) in [4.78, 5) is 15.6. The molecular formula is C15H15NO4S. The smallest absolute Gasteiger partial charge is 0.328 e. The van der Waals surface area contributed by atoms with Crippen molar-refractivity contribution in [2.45, 2.75) is 6.42 Å². The van der Waals surface area contributed by atoms with Crippen LogP contribution in [0.15, 0.2) is 30.5 Å². The first-order valence-electron chi connectivity index (χ1n) is 6.19. The number of ether oxygens (including phenoxy) is 2. The zero-order valence-corrected chi connectivity index (χ0v) is 12.5. The molecule has 2 aromatic rings. The third kappa shape index (κ3) is 4.06. The Labute approximate surface area is 126 Å². The van der Waals surface area contributed by atoms with Crippen LogP contribution < -0.4 is 9.47 Å². The van der Waals surface area contributed by atoms with Crippen molar-refractivity contribution < 1.29 is 19.4 Å². The number of carboxylic acids is 1. The van der Waals surface area contributed by atoms with Gasteiger partial charge in [0, 0.05) is 23.6 Å². The van der Waals surface area contributed by atoms with Gasteiger partial charge in [0.05, 0.1) is 19.2 Å². The summed E-state index contributed by atoms with van der Waals surface area (Å²) in [5, 5.41) is 9.51. The lowest BCUT2D eigenvalue weighted by atomic mass is 10.1. The van der Waals surface area contributed by atoms with Gasteiger partial charge in [-0.3, -0.25) is 0 Å². The third-order valence-corrected chi connectivity index (χ3v) is 3.73. The van der Waals surface area contributed by atoms with Crippen LogP contribution in [0.5, 0.6) is 11.5 Å². The monoisotopic (exact) mass is 305 g/mol. The zero-order valence-electron chi connectivity index (χ0n) is 11.7. The number of carbonyl (C=O) groups is 1. The van der Waals surface area contributed by atoms with Gasteiger partial charge in [0.25, 0.3) is 0 Å². The molecule has 0 saturated carbocycles. The Morgan fingerprint density at radius 2 is 2.10 bits per heavy atom. The molecule has 0 spiro atoms. The summed E-state index contributed by atoms with van der Waals surface area (Å²) in [5.74, 6) is 0.396. The van der Waals surface area contributed by atoms with Crippen molar-refractivity contribution in [2.75, 3.05) is 14.2 Å². The van der Waals surface area contributed by atoms with Crippen LogP contribution in [0.2, 0.25) is 0 Å². The molecule has 0 bridgehead atoms. The molecule has 0 unspecified atom stereocenters. The molecule has 0 aliphatic carbocycles. The van der Waals surface area contributed by atoms with E-state index in [2.05, 4.69) is 4.98 Å². The molecule has 0 radical (unpaired) electrons. The number of benzene rings is 1. The molecular weight excluding hydrogens is 290 g/mol. The van der Waals surface area contributed by atoms with E-state index in [9.17, 15) is 4.79 Å². The average molecular weight is 305 g/mol. The predicted octanol–water partition coefficient (Wildman–Crippen LogP) is 2.85. The molecule has 1 aromatic heterocycles. The Morgan fingerprint density at radius 1 is 1.33 bits per heavy atom. The quantitative estimate of drug-likeness (QED) is 0.831. The first-order chi connectivity index (χ1) is 10.1. The fourth-order valence-corrected chi connectivity index (χ4v) is 2.66. The maximum Gasteiger partial charge on any atom is 0.328 e. The average Bonchev–Trinajstić information content (AvgIpc) is 2.92. The Hall–Kier alpha value is -2.34. The van der Waals surface area contributed by atoms with Crippen molar-refractivity contribution >= 4 is 23.4 Å². The summed E-state index contributed by atoms with van der Waals surface area (Å²) >= 11 is 1.46. The van der Waals surface area contributed by atoms with Gasteiger partial charge in [0.2, 0.25) is 0 Å². The van der Waals surface area contributed by atoms with E-state index in [1.54, 1.807) is 20.4 Å². The van der Waals surface area contributed by atoms with Gasteiger partial charge >= 0.3 is 5.97 Å². The molecule has 2 rings (SSSR count). The molecule has 110 valence electrons. The van der Waals surface area contributed by atoms with E-state index in [-0.39, 0.29) is 0 Å². The predicted molar refractivity (Wildman–Crippen MR) is 81.1 cm³/mol. The van der Waals surface area contributed by atoms with Crippen LogP contribution in [0.1, 0.15) is 15.4 Å². The Kier molecular flexibility index (Phi) is 4.94. The molecule has 6 heteroatoms. The number of methoxy groups -OCH3 is 2. The van der Waals surface area contributed by atoms with Crippen molar-refractivity contribution in [1.29, 1.82) is 0 Å². The van der Waals surface area contributed by atoms with Gasteiger partial charge in [-0.05, 0) is 23.8 Å². The molecule has 0 amide bonds. The summed E-state index contributed by atoms with van der Waals surface area (Å²) in [7, 11) is 3.19. The second kappa shape index (κ2) is 6.90. The lowest BCUT2D eigenvalue weighted by molar-refractivity contribution is -0.131. The lowest BCUT2D eigenvalue weighted by Gasteiger charge is -2.08. The second-order valence-corrected chi connectivity index (χ2v) is 5.34. The molecule has 0 fully saturated rings. The standard InChI is InChI=1S/C15H15NO4S/c1-19-12-5-3-10(7-13(12)20-2)8-14-16-9-11(21-14)4-6-15(17)18/h3-7,9H,8H2,1-2H3,(H,17,18)/b6-4+. The minimum absolute atomic E-state index is 0.659. The highest BCUT2D eigenvalue weighted by Gasteiger charge is 2.07. The van der Waals surface area contributed by atoms with E-state index in [4.69, 9.17) is 14.6 Å². The molecule has 0 atom stereocenters. The van der Waals surface area contributed by atoms with E-state index < -0.39 is 5.97 Å². The summed E-state index contributed by atoms with van der Waals surface area (Å²) in [6, 6.07) is 5.72. The highest BCUT2D eigenvalue weighted by molar-refractivity contribution is 7.12. The number of thiazole rings is 1. The van der Waals surface area contributed by atoms with Crippen molar-refractivity contribution in [3.8, 4) is 11.5 Å². The van der Waals surface area contributed by atoms with Gasteiger partial charge in [0.15, 0.2) is 11.5 Å². The number of hydrogen-bond acceptors (Lipinski definition) is 5. The van der Waals surface area contributed by atoms with Crippen molar-refractivity contribution in [2.24, 2.45) is 0 Å². The maximum absolute atomic E-state index is 10.5. The van der Waals surface area contributed by atoms with Crippen LogP contribution in [0, 0.1) is 0 Å². The van der Waals surface area contributed by atoms with Crippen molar-refractivity contribution in [1.82, 2.24) is 4.98 Å². The molecule has 5 nitrogen and oxygen atoms in total. The van der Waals surface area contributed by atoms with Gasteiger partial charge in [0.1, 0.15) is 0 Å². The fourth-order valence-electron chi connectivity index (χ4n) is 1.80. The number of aliphatic carboxylic acids is 1. The van der Waals surface area contributed by atoms with E-state index in [0.717, 1.165) is 21.5 Å². The van der Waals surface area contributed by atoms with Gasteiger partial charge in [-0.15, -0.1) is 11.3 Å². The Morgan fingerprint density at radius 3 is 2.76 bits per heavy atom. The van der Waals surface area contributed by atoms with Gasteiger partial charge in [-0.25, -0.2) is 9.78 Å². The maximum atomic E-state index is 10.5. The fraction of sp³-hybridized carbons (Fsp3) is 0.200. The highest BCUT2D eigenvalue weighted by atomic mass is 32.1. The van der Waals surface area contributed by atoms with Gasteiger partial charge < -0.3 is 14.6 Å². The first kappa shape index (κ1) is 15.1. The van der Waals surface area contributed by atoms with Crippen LogP contribution in [0.25, 0.3) is 6.08 Å². The van der Waals surface area contributed by atoms with E-state index in [0.29, 0.717) is 17.9 Å². The van der Waals surface area contributed by atoms with Gasteiger partial charge in [-0.1, -0.05) is 6.07 Å². The van der Waals surface area contributed by atoms with Crippen LogP contribution >= 0.6 is 11.3 Å². The molecule has 0 aliphatic heterocycles. The van der Waals surface area contributed by atoms with Crippen LogP contribution in [-0.2, 0) is 11.2 Å². The number of carboxylic acid groups (broad SMARTS) is 1. The first-order valence-corrected chi connectivity index (χ1v) is 7.00. The summed E-state index contributed by atoms with van der Waals surface area (Å²) in [6.07, 6.45) is 4.97. The number of rotatable bonds is 6. The normalized spacial score (nSPS) is 10.8. The van der Waals surface area contributed by atoms with E-state index in [1.165, 1.54) is 17.4 Å². The Bertz CT molecular complexity index is 663. The van der Waals surface area contributed by atoms with Crippen LogP contribution in [0.3, 0.4) is 0 Å². The van der Waals surface area contributed by atoms with Crippen LogP contribution in [0.4, 0.5) is 0 Å². The molecule has 1 aromatic carbocycles. The van der Waals surface area contributed by atoms with Crippen LogP contribution in [-0.4, -0.2) is 30.3 Å². The number of aromatic nitrogens is 1. The topological polar surface area (TPSA) is 68.7 Å². The summed E-state index contributed by atoms with van der Waals surface area (Å²) in [5.41, 5.74) is 1.05. The molecule has 0 aliphatic rings. The summed E-state index contributed by atoms with van der Waals surface area (Å²) < 4.78 is 10.5. The van der Waals surface area contributed by atoms with Gasteiger partial charge in [-0.2, -0.15) is 0 Å². The lowest BCUT2D eigenvalue weighted by Crippen LogP contribution is -1.93. The van der Waals surface area contributed by atoms with Crippen molar-refractivity contribution in [3.05, 3.63) is 45.9 Å². The van der Waals surface area contributed by atoms with E-state index >= 15 is 0 Å². The molecule has 0 saturated heterocycles.